The van der Waals surface area contributed by atoms with E-state index in [0.717, 1.165) is 83.1 Å². The molecule has 7 atom stereocenters. The van der Waals surface area contributed by atoms with Crippen LogP contribution in [0.5, 0.6) is 0 Å². The van der Waals surface area contributed by atoms with Gasteiger partial charge < -0.3 is 25.2 Å². The van der Waals surface area contributed by atoms with Gasteiger partial charge in [0.05, 0.1) is 17.8 Å². The Labute approximate surface area is 412 Å². The van der Waals surface area contributed by atoms with Crippen LogP contribution in [-0.2, 0) is 24.9 Å². The molecule has 8 saturated carbocycles. The van der Waals surface area contributed by atoms with Crippen LogP contribution in [0, 0.1) is 50.7 Å². The van der Waals surface area contributed by atoms with E-state index in [-0.39, 0.29) is 34.3 Å². The first kappa shape index (κ1) is 59.6. The van der Waals surface area contributed by atoms with Gasteiger partial charge in [-0.25, -0.2) is 14.6 Å². The lowest BCUT2D eigenvalue weighted by molar-refractivity contribution is -0.362. The van der Waals surface area contributed by atoms with Crippen LogP contribution in [0.3, 0.4) is 0 Å². The average Bonchev–Trinajstić information content (AvgIpc) is 3.22. The van der Waals surface area contributed by atoms with Crippen molar-refractivity contribution in [3.8, 4) is 0 Å². The molecule has 9 rings (SSSR count). The zero-order valence-corrected chi connectivity index (χ0v) is 42.9. The predicted octanol–water partition coefficient (Wildman–Crippen LogP) is 12.6. The Hall–Kier alpha value is -2.26. The Morgan fingerprint density at radius 1 is 0.662 bits per heavy atom. The normalized spacial score (nSPS) is 33.4. The maximum Gasteiger partial charge on any atom is 0.437 e. The number of halogens is 9. The fourth-order valence-electron chi connectivity index (χ4n) is 14.9. The number of hydrogen-bond acceptors (Lipinski definition) is 10. The third-order valence-electron chi connectivity index (χ3n) is 18.8. The van der Waals surface area contributed by atoms with Crippen molar-refractivity contribution in [2.24, 2.45) is 50.7 Å². The number of carbonyl (C=O) groups is 1. The molecule has 8 aliphatic rings. The summed E-state index contributed by atoms with van der Waals surface area (Å²) in [5, 5.41) is 60.0. The zero-order chi connectivity index (χ0) is 54.0. The largest absolute Gasteiger partial charge is 0.462 e. The number of carbonyl (C=O) groups excluding carboxylic acids is 1. The zero-order valence-electron chi connectivity index (χ0n) is 42.9. The number of hydrogen-bond donors (Lipinski definition) is 6. The number of aliphatic hydroxyl groups is 4. The van der Waals surface area contributed by atoms with E-state index in [1.165, 1.54) is 19.1 Å². The van der Waals surface area contributed by atoms with Crippen LogP contribution in [0.15, 0.2) is 24.3 Å². The molecule has 0 radical (unpaired) electrons. The minimum Gasteiger partial charge on any atom is -0.462 e. The summed E-state index contributed by atoms with van der Waals surface area (Å²) < 4.78 is 121. The molecule has 6 N–H and O–H groups in total. The van der Waals surface area contributed by atoms with Crippen LogP contribution >= 0.6 is 0 Å². The molecule has 0 spiro atoms. The molecule has 8 aliphatic carbocycles. The third kappa shape index (κ3) is 11.2. The first-order chi connectivity index (χ1) is 32.2. The topological polar surface area (TPSA) is 166 Å². The summed E-state index contributed by atoms with van der Waals surface area (Å²) >= 11 is 0. The van der Waals surface area contributed by atoms with Crippen molar-refractivity contribution in [1.82, 2.24) is 0 Å². The Kier molecular flexibility index (Phi) is 16.8. The highest BCUT2D eigenvalue weighted by atomic mass is 19.4. The Balaban J connectivity index is 0.000000215. The Morgan fingerprint density at radius 2 is 1.13 bits per heavy atom. The van der Waals surface area contributed by atoms with E-state index in [2.05, 4.69) is 25.5 Å². The second-order valence-electron chi connectivity index (χ2n) is 24.8. The lowest BCUT2D eigenvalue weighted by atomic mass is 9.41. The monoisotopic (exact) mass is 1030 g/mol. The lowest BCUT2D eigenvalue weighted by Gasteiger charge is -2.65. The van der Waals surface area contributed by atoms with Gasteiger partial charge in [0.1, 0.15) is 12.2 Å². The molecule has 0 amide bonds. The minimum atomic E-state index is -6.32. The summed E-state index contributed by atoms with van der Waals surface area (Å²) in [7, 11) is 0. The number of alkyl halides is 9. The van der Waals surface area contributed by atoms with Crippen LogP contribution in [0.1, 0.15) is 183 Å². The average molecular weight is 1040 g/mol. The van der Waals surface area contributed by atoms with Gasteiger partial charge in [0.2, 0.25) is 0 Å². The van der Waals surface area contributed by atoms with Crippen LogP contribution in [0.4, 0.5) is 39.5 Å². The van der Waals surface area contributed by atoms with E-state index in [0.29, 0.717) is 48.9 Å². The van der Waals surface area contributed by atoms with Crippen LogP contribution in [0.2, 0.25) is 0 Å². The first-order valence-electron chi connectivity index (χ1n) is 25.2. The van der Waals surface area contributed by atoms with Gasteiger partial charge >= 0.3 is 30.1 Å². The van der Waals surface area contributed by atoms with E-state index < -0.39 is 70.4 Å². The summed E-state index contributed by atoms with van der Waals surface area (Å²) in [6, 6.07) is 5.97. The Morgan fingerprint density at radius 3 is 1.48 bits per heavy atom. The van der Waals surface area contributed by atoms with Crippen molar-refractivity contribution in [2.75, 3.05) is 6.61 Å². The molecule has 410 valence electrons. The summed E-state index contributed by atoms with van der Waals surface area (Å²) in [6.07, 6.45) is -6.25. The fraction of sp³-hybridized carbons (Fsp3) is 0.865. The van der Waals surface area contributed by atoms with Gasteiger partial charge in [-0.3, -0.25) is 10.5 Å². The van der Waals surface area contributed by atoms with Gasteiger partial charge in [-0.1, -0.05) is 86.6 Å². The molecule has 71 heavy (non-hydrogen) atoms. The van der Waals surface area contributed by atoms with Gasteiger partial charge in [0.25, 0.3) is 0 Å². The van der Waals surface area contributed by atoms with Gasteiger partial charge in [-0.2, -0.15) is 39.5 Å². The van der Waals surface area contributed by atoms with Crippen molar-refractivity contribution in [1.29, 1.82) is 0 Å². The fourth-order valence-corrected chi connectivity index (χ4v) is 14.9. The summed E-state index contributed by atoms with van der Waals surface area (Å²) in [4.78, 5) is 21.9. The standard InChI is InChI=1S/C23H34F6O5.C16H28O4.C13H17F3O/c1-5-19(4,12-33-17(30)21(31,22(24,25)26)23(27,28)29)16(34-32)18(2,3)20-9-13-6-14(10-20)8-15(7-13)11-20;1-4-13(2,3)12(20-19)14-5-11-6-15(17,8-14)10-16(18,7-11)9-14;1-4-9(2)10-5-7-11(8-6-10)12(3,17)13(14,15)16/h13-16,31-32H,5-12H2,1-4H3;11-12,17-19H,4-10H2,1-3H3;5-9,17H,4H2,1-3H3. The maximum absolute atomic E-state index is 13.1. The predicted molar refractivity (Wildman–Crippen MR) is 244 cm³/mol. The second kappa shape index (κ2) is 20.0. The smallest absolute Gasteiger partial charge is 0.437 e. The number of ether oxygens (including phenoxy) is 1. The van der Waals surface area contributed by atoms with E-state index in [1.807, 2.05) is 27.7 Å². The summed E-state index contributed by atoms with van der Waals surface area (Å²) in [5.74, 6) is -0.555. The van der Waals surface area contributed by atoms with Crippen LogP contribution in [-0.4, -0.2) is 91.1 Å². The highest BCUT2D eigenvalue weighted by molar-refractivity contribution is 5.81. The highest BCUT2D eigenvalue weighted by Crippen LogP contribution is 2.69. The molecule has 0 saturated heterocycles. The maximum atomic E-state index is 13.1. The molecule has 0 heterocycles. The van der Waals surface area contributed by atoms with Crippen molar-refractivity contribution >= 4 is 5.97 Å². The van der Waals surface area contributed by atoms with Gasteiger partial charge in [0, 0.05) is 22.7 Å². The van der Waals surface area contributed by atoms with Crippen molar-refractivity contribution in [3.05, 3.63) is 35.4 Å². The van der Waals surface area contributed by atoms with E-state index >= 15 is 0 Å². The van der Waals surface area contributed by atoms with E-state index in [4.69, 9.17) is 9.78 Å². The molecular formula is C52H79F9O10. The van der Waals surface area contributed by atoms with E-state index in [1.54, 1.807) is 19.1 Å². The molecule has 8 fully saturated rings. The van der Waals surface area contributed by atoms with E-state index in [9.17, 15) is 75.2 Å². The van der Waals surface area contributed by atoms with Gasteiger partial charge in [-0.15, -0.1) is 0 Å². The minimum absolute atomic E-state index is 0.123. The molecule has 10 nitrogen and oxygen atoms in total. The van der Waals surface area contributed by atoms with Crippen molar-refractivity contribution < 1.29 is 89.8 Å². The molecule has 19 heteroatoms. The molecule has 1 aromatic carbocycles. The number of esters is 1. The number of rotatable bonds is 15. The van der Waals surface area contributed by atoms with Crippen molar-refractivity contribution in [2.45, 2.75) is 225 Å². The SMILES string of the molecule is CCC(C)(C)C(OO)C12CC3CC(O)(CC(O)(C3)C1)C2.CCC(C)(COC(=O)C(O)(C(F)(F)F)C(F)(F)F)C(OO)C(C)(C)C12CC3CC(CC(C3)C1)C2.CCC(C)c1ccc(C(C)(O)C(F)(F)F)cc1. The van der Waals surface area contributed by atoms with Crippen LogP contribution in [0.25, 0.3) is 0 Å². The first-order valence-corrected chi connectivity index (χ1v) is 25.2. The molecule has 0 aromatic heterocycles. The Bertz CT molecular complexity index is 1920. The van der Waals surface area contributed by atoms with Gasteiger partial charge in [0.15, 0.2) is 5.60 Å². The summed E-state index contributed by atoms with van der Waals surface area (Å²) in [5.41, 5.74) is -11.9. The van der Waals surface area contributed by atoms with Gasteiger partial charge in [-0.05, 0) is 148 Å². The highest BCUT2D eigenvalue weighted by Gasteiger charge is 2.77. The van der Waals surface area contributed by atoms with Crippen molar-refractivity contribution in [3.63, 3.8) is 0 Å². The molecule has 8 bridgehead atoms. The molecule has 7 unspecified atom stereocenters. The summed E-state index contributed by atoms with van der Waals surface area (Å²) in [6.45, 7) is 17.1. The molecule has 1 aromatic rings. The number of benzene rings is 1. The molecule has 0 aliphatic heterocycles. The molecular weight excluding hydrogens is 956 g/mol. The quantitative estimate of drug-likeness (QED) is 0.0431. The lowest BCUT2D eigenvalue weighted by Crippen LogP contribution is -2.67. The second-order valence-corrected chi connectivity index (χ2v) is 24.8. The third-order valence-corrected chi connectivity index (χ3v) is 18.8. The van der Waals surface area contributed by atoms with Crippen LogP contribution < -0.4 is 0 Å².